The second kappa shape index (κ2) is 9.24. The van der Waals surface area contributed by atoms with Crippen LogP contribution in [0.1, 0.15) is 50.5 Å². The molecule has 166 valence electrons. The van der Waals surface area contributed by atoms with Crippen molar-refractivity contribution < 1.29 is 13.2 Å². The number of benzene rings is 1. The Bertz CT molecular complexity index is 853. The Kier molecular flexibility index (Phi) is 6.65. The summed E-state index contributed by atoms with van der Waals surface area (Å²) in [4.78, 5) is 17.4. The van der Waals surface area contributed by atoms with Gasteiger partial charge < -0.3 is 10.2 Å². The predicted octanol–water partition coefficient (Wildman–Crippen LogP) is 3.26. The zero-order valence-corrected chi connectivity index (χ0v) is 18.8. The minimum atomic E-state index is -3.53. The highest BCUT2D eigenvalue weighted by Crippen LogP contribution is 2.27. The van der Waals surface area contributed by atoms with E-state index < -0.39 is 10.0 Å². The molecule has 4 rings (SSSR count). The Hall–Kier alpha value is -1.64. The number of aryl methyl sites for hydroxylation is 1. The standard InChI is InChI=1S/C22H34N4O3S/c1-18-9-10-19(17-21(18)30(28,29)26-11-5-2-6-12-26)23-22(27)25-15-13-24(14-16-25)20-7-3-4-8-20/h9-10,17,20H,2-8,11-16H2,1H3,(H,23,27). The van der Waals surface area contributed by atoms with E-state index in [1.54, 1.807) is 22.5 Å². The molecule has 3 aliphatic rings. The topological polar surface area (TPSA) is 73.0 Å². The van der Waals surface area contributed by atoms with Gasteiger partial charge in [-0.2, -0.15) is 4.31 Å². The van der Waals surface area contributed by atoms with Gasteiger partial charge in [0.2, 0.25) is 10.0 Å². The van der Waals surface area contributed by atoms with E-state index in [1.807, 2.05) is 11.8 Å². The van der Waals surface area contributed by atoms with Gasteiger partial charge in [0.15, 0.2) is 0 Å². The smallest absolute Gasteiger partial charge is 0.321 e. The highest BCUT2D eigenvalue weighted by atomic mass is 32.2. The average Bonchev–Trinajstić information content (AvgIpc) is 3.31. The lowest BCUT2D eigenvalue weighted by Crippen LogP contribution is -2.52. The van der Waals surface area contributed by atoms with E-state index in [9.17, 15) is 13.2 Å². The molecule has 7 nitrogen and oxygen atoms in total. The van der Waals surface area contributed by atoms with Crippen LogP contribution >= 0.6 is 0 Å². The number of hydrogen-bond acceptors (Lipinski definition) is 4. The minimum Gasteiger partial charge on any atom is -0.322 e. The van der Waals surface area contributed by atoms with Gasteiger partial charge in [-0.25, -0.2) is 13.2 Å². The second-order valence-electron chi connectivity index (χ2n) is 8.84. The molecule has 0 bridgehead atoms. The molecule has 0 unspecified atom stereocenters. The quantitative estimate of drug-likeness (QED) is 0.789. The molecule has 1 aliphatic carbocycles. The van der Waals surface area contributed by atoms with Crippen LogP contribution in [0.5, 0.6) is 0 Å². The van der Waals surface area contributed by atoms with Crippen molar-refractivity contribution >= 4 is 21.7 Å². The van der Waals surface area contributed by atoms with E-state index >= 15 is 0 Å². The summed E-state index contributed by atoms with van der Waals surface area (Å²) in [6, 6.07) is 5.73. The predicted molar refractivity (Wildman–Crippen MR) is 118 cm³/mol. The number of rotatable bonds is 4. The number of sulfonamides is 1. The molecular formula is C22H34N4O3S. The van der Waals surface area contributed by atoms with E-state index in [4.69, 9.17) is 0 Å². The van der Waals surface area contributed by atoms with Crippen LogP contribution in [0.4, 0.5) is 10.5 Å². The number of nitrogens with zero attached hydrogens (tertiary/aromatic N) is 3. The molecule has 2 aliphatic heterocycles. The Balaban J connectivity index is 1.40. The summed E-state index contributed by atoms with van der Waals surface area (Å²) < 4.78 is 27.8. The van der Waals surface area contributed by atoms with Gasteiger partial charge in [-0.1, -0.05) is 25.3 Å². The van der Waals surface area contributed by atoms with Gasteiger partial charge in [0, 0.05) is 51.0 Å². The lowest BCUT2D eigenvalue weighted by molar-refractivity contribution is 0.115. The van der Waals surface area contributed by atoms with Crippen LogP contribution in [-0.4, -0.2) is 73.9 Å². The summed E-state index contributed by atoms with van der Waals surface area (Å²) in [5, 5.41) is 2.92. The fourth-order valence-electron chi connectivity index (χ4n) is 4.96. The summed E-state index contributed by atoms with van der Waals surface area (Å²) in [7, 11) is -3.53. The fourth-order valence-corrected chi connectivity index (χ4v) is 6.73. The van der Waals surface area contributed by atoms with Crippen LogP contribution in [0.25, 0.3) is 0 Å². The first kappa shape index (κ1) is 21.6. The second-order valence-corrected chi connectivity index (χ2v) is 10.7. The molecule has 1 aromatic carbocycles. The van der Waals surface area contributed by atoms with Crippen LogP contribution in [-0.2, 0) is 10.0 Å². The summed E-state index contributed by atoms with van der Waals surface area (Å²) >= 11 is 0. The Morgan fingerprint density at radius 3 is 2.27 bits per heavy atom. The van der Waals surface area contributed by atoms with Crippen LogP contribution in [0.3, 0.4) is 0 Å². The Morgan fingerprint density at radius 2 is 1.60 bits per heavy atom. The Morgan fingerprint density at radius 1 is 0.933 bits per heavy atom. The van der Waals surface area contributed by atoms with Crippen LogP contribution in [0.15, 0.2) is 23.1 Å². The monoisotopic (exact) mass is 434 g/mol. The third kappa shape index (κ3) is 4.65. The normalized spacial score (nSPS) is 22.4. The van der Waals surface area contributed by atoms with Gasteiger partial charge in [-0.3, -0.25) is 4.90 Å². The molecule has 2 saturated heterocycles. The van der Waals surface area contributed by atoms with E-state index in [0.717, 1.165) is 32.4 Å². The number of hydrogen-bond donors (Lipinski definition) is 1. The SMILES string of the molecule is Cc1ccc(NC(=O)N2CCN(C3CCCC3)CC2)cc1S(=O)(=O)N1CCCCC1. The van der Waals surface area contributed by atoms with Crippen molar-refractivity contribution in [3.05, 3.63) is 23.8 Å². The molecule has 2 heterocycles. The van der Waals surface area contributed by atoms with Gasteiger partial charge in [0.25, 0.3) is 0 Å². The van der Waals surface area contributed by atoms with Gasteiger partial charge in [0.1, 0.15) is 0 Å². The minimum absolute atomic E-state index is 0.147. The molecule has 1 saturated carbocycles. The molecule has 2 amide bonds. The number of urea groups is 1. The van der Waals surface area contributed by atoms with Crippen molar-refractivity contribution in [2.45, 2.75) is 62.8 Å². The number of anilines is 1. The van der Waals surface area contributed by atoms with Gasteiger partial charge in [0.05, 0.1) is 4.90 Å². The van der Waals surface area contributed by atoms with Crippen molar-refractivity contribution in [1.29, 1.82) is 0 Å². The summed E-state index contributed by atoms with van der Waals surface area (Å²) in [6.45, 7) is 6.22. The molecule has 1 aromatic rings. The summed E-state index contributed by atoms with van der Waals surface area (Å²) in [6.07, 6.45) is 8.09. The number of piperidine rings is 1. The molecule has 0 spiro atoms. The van der Waals surface area contributed by atoms with E-state index in [0.29, 0.717) is 48.4 Å². The molecule has 0 aromatic heterocycles. The van der Waals surface area contributed by atoms with Gasteiger partial charge in [-0.05, 0) is 50.3 Å². The zero-order chi connectivity index (χ0) is 21.1. The highest BCUT2D eigenvalue weighted by molar-refractivity contribution is 7.89. The lowest BCUT2D eigenvalue weighted by Gasteiger charge is -2.38. The lowest BCUT2D eigenvalue weighted by atomic mass is 10.2. The number of nitrogens with one attached hydrogen (secondary N) is 1. The molecule has 1 N–H and O–H groups in total. The number of amides is 2. The highest BCUT2D eigenvalue weighted by Gasteiger charge is 2.29. The third-order valence-corrected chi connectivity index (χ3v) is 8.86. The van der Waals surface area contributed by atoms with Crippen molar-refractivity contribution in [3.63, 3.8) is 0 Å². The molecule has 3 fully saturated rings. The third-order valence-electron chi connectivity index (χ3n) is 6.81. The molecular weight excluding hydrogens is 400 g/mol. The average molecular weight is 435 g/mol. The van der Waals surface area contributed by atoms with Crippen LogP contribution < -0.4 is 5.32 Å². The zero-order valence-electron chi connectivity index (χ0n) is 18.0. The van der Waals surface area contributed by atoms with E-state index in [-0.39, 0.29) is 6.03 Å². The number of piperazine rings is 1. The summed E-state index contributed by atoms with van der Waals surface area (Å²) in [5.74, 6) is 0. The maximum atomic E-state index is 13.1. The van der Waals surface area contributed by atoms with Crippen LogP contribution in [0, 0.1) is 6.92 Å². The van der Waals surface area contributed by atoms with E-state index in [2.05, 4.69) is 10.2 Å². The molecule has 8 heteroatoms. The first-order valence-electron chi connectivity index (χ1n) is 11.4. The largest absolute Gasteiger partial charge is 0.322 e. The number of carbonyl (C=O) groups is 1. The van der Waals surface area contributed by atoms with Crippen molar-refractivity contribution in [3.8, 4) is 0 Å². The van der Waals surface area contributed by atoms with Crippen molar-refractivity contribution in [1.82, 2.24) is 14.1 Å². The first-order chi connectivity index (χ1) is 14.4. The van der Waals surface area contributed by atoms with E-state index in [1.165, 1.54) is 25.7 Å². The Labute approximate surface area is 180 Å². The van der Waals surface area contributed by atoms with Gasteiger partial charge >= 0.3 is 6.03 Å². The molecule has 0 atom stereocenters. The van der Waals surface area contributed by atoms with Gasteiger partial charge in [-0.15, -0.1) is 0 Å². The maximum Gasteiger partial charge on any atom is 0.321 e. The van der Waals surface area contributed by atoms with Crippen molar-refractivity contribution in [2.24, 2.45) is 0 Å². The van der Waals surface area contributed by atoms with Crippen molar-refractivity contribution in [2.75, 3.05) is 44.6 Å². The molecule has 30 heavy (non-hydrogen) atoms. The number of carbonyl (C=O) groups excluding carboxylic acids is 1. The van der Waals surface area contributed by atoms with Crippen LogP contribution in [0.2, 0.25) is 0 Å². The maximum absolute atomic E-state index is 13.1. The first-order valence-corrected chi connectivity index (χ1v) is 12.8. The molecule has 0 radical (unpaired) electrons. The fraction of sp³-hybridized carbons (Fsp3) is 0.682. The summed E-state index contributed by atoms with van der Waals surface area (Å²) in [5.41, 5.74) is 1.25.